The van der Waals surface area contributed by atoms with E-state index in [1.54, 1.807) is 25.1 Å². The molecule has 25 heavy (non-hydrogen) atoms. The molecule has 0 fully saturated rings. The van der Waals surface area contributed by atoms with E-state index in [1.807, 2.05) is 0 Å². The van der Waals surface area contributed by atoms with E-state index >= 15 is 0 Å². The zero-order valence-corrected chi connectivity index (χ0v) is 13.4. The highest BCUT2D eigenvalue weighted by molar-refractivity contribution is 5.79. The van der Waals surface area contributed by atoms with Crippen molar-refractivity contribution in [3.05, 3.63) is 76.3 Å². The molecule has 1 atom stereocenters. The van der Waals surface area contributed by atoms with Crippen LogP contribution in [0, 0.1) is 11.6 Å². The van der Waals surface area contributed by atoms with Gasteiger partial charge in [-0.25, -0.2) is 13.8 Å². The predicted octanol–water partition coefficient (Wildman–Crippen LogP) is 2.55. The van der Waals surface area contributed by atoms with Gasteiger partial charge in [-0.1, -0.05) is 18.2 Å². The Morgan fingerprint density at radius 3 is 2.76 bits per heavy atom. The second-order valence-electron chi connectivity index (χ2n) is 5.65. The van der Waals surface area contributed by atoms with Crippen molar-refractivity contribution in [2.45, 2.75) is 19.5 Å². The van der Waals surface area contributed by atoms with E-state index in [9.17, 15) is 18.4 Å². The van der Waals surface area contributed by atoms with E-state index in [1.165, 1.54) is 24.5 Å². The maximum absolute atomic E-state index is 13.7. The van der Waals surface area contributed by atoms with E-state index in [0.29, 0.717) is 11.1 Å². The summed E-state index contributed by atoms with van der Waals surface area (Å²) in [7, 11) is 0. The number of hydrogen-bond acceptors (Lipinski definition) is 3. The molecule has 1 N–H and O–H groups in total. The Hall–Kier alpha value is -3.09. The molecular weight excluding hydrogens is 328 g/mol. The number of rotatable bonds is 4. The molecule has 128 valence electrons. The molecule has 5 nitrogen and oxygen atoms in total. The van der Waals surface area contributed by atoms with Crippen LogP contribution in [0.15, 0.2) is 53.6 Å². The van der Waals surface area contributed by atoms with Crippen LogP contribution in [0.2, 0.25) is 0 Å². The fourth-order valence-corrected chi connectivity index (χ4v) is 2.59. The average molecular weight is 343 g/mol. The number of benzene rings is 2. The summed E-state index contributed by atoms with van der Waals surface area (Å²) in [6.45, 7) is 1.35. The first-order valence-corrected chi connectivity index (χ1v) is 7.64. The van der Waals surface area contributed by atoms with Gasteiger partial charge in [-0.15, -0.1) is 0 Å². The van der Waals surface area contributed by atoms with Crippen LogP contribution in [0.1, 0.15) is 18.5 Å². The van der Waals surface area contributed by atoms with E-state index < -0.39 is 29.1 Å². The molecule has 0 bridgehead atoms. The molecule has 3 aromatic rings. The maximum Gasteiger partial charge on any atom is 0.261 e. The van der Waals surface area contributed by atoms with E-state index in [0.717, 1.165) is 10.6 Å². The lowest BCUT2D eigenvalue weighted by Crippen LogP contribution is -2.34. The first-order chi connectivity index (χ1) is 12.0. The van der Waals surface area contributed by atoms with Gasteiger partial charge in [0.25, 0.3) is 5.56 Å². The minimum atomic E-state index is -0.560. The number of halogens is 2. The topological polar surface area (TPSA) is 64.0 Å². The Balaban J connectivity index is 1.79. The fraction of sp³-hybridized carbons (Fsp3) is 0.167. The van der Waals surface area contributed by atoms with Gasteiger partial charge in [-0.05, 0) is 31.2 Å². The SMILES string of the molecule is C[C@H](NC(=O)Cn1cnc2ccc(F)cc2c1=O)c1ccccc1F. The van der Waals surface area contributed by atoms with E-state index in [-0.39, 0.29) is 11.9 Å². The number of aromatic nitrogens is 2. The molecule has 0 radical (unpaired) electrons. The molecule has 1 amide bonds. The Morgan fingerprint density at radius 2 is 2.00 bits per heavy atom. The zero-order valence-electron chi connectivity index (χ0n) is 13.4. The first kappa shape index (κ1) is 16.8. The number of carbonyl (C=O) groups is 1. The quantitative estimate of drug-likeness (QED) is 0.792. The zero-order chi connectivity index (χ0) is 18.0. The van der Waals surface area contributed by atoms with Crippen LogP contribution in [0.25, 0.3) is 10.9 Å². The molecule has 0 saturated carbocycles. The smallest absolute Gasteiger partial charge is 0.261 e. The van der Waals surface area contributed by atoms with Gasteiger partial charge in [0.2, 0.25) is 5.91 Å². The summed E-state index contributed by atoms with van der Waals surface area (Å²) in [4.78, 5) is 28.6. The van der Waals surface area contributed by atoms with E-state index in [4.69, 9.17) is 0 Å². The standard InChI is InChI=1S/C18H15F2N3O2/c1-11(13-4-2-3-5-15(13)20)22-17(24)9-23-10-21-16-7-6-12(19)8-14(16)18(23)25/h2-8,10-11H,9H2,1H3,(H,22,24)/t11-/m0/s1. The van der Waals surface area contributed by atoms with Crippen LogP contribution >= 0.6 is 0 Å². The number of carbonyl (C=O) groups excluding carboxylic acids is 1. The van der Waals surface area contributed by atoms with Gasteiger partial charge >= 0.3 is 0 Å². The summed E-state index contributed by atoms with van der Waals surface area (Å²) >= 11 is 0. The molecule has 0 spiro atoms. The van der Waals surface area contributed by atoms with Crippen LogP contribution in [0.3, 0.4) is 0 Å². The van der Waals surface area contributed by atoms with Crippen LogP contribution < -0.4 is 10.9 Å². The van der Waals surface area contributed by atoms with Crippen molar-refractivity contribution in [2.24, 2.45) is 0 Å². The predicted molar refractivity (Wildman–Crippen MR) is 88.9 cm³/mol. The highest BCUT2D eigenvalue weighted by atomic mass is 19.1. The highest BCUT2D eigenvalue weighted by Gasteiger charge is 2.14. The molecule has 3 rings (SSSR count). The van der Waals surface area contributed by atoms with Crippen molar-refractivity contribution in [3.63, 3.8) is 0 Å². The summed E-state index contributed by atoms with van der Waals surface area (Å²) in [5.74, 6) is -1.45. The number of amides is 1. The Morgan fingerprint density at radius 1 is 1.24 bits per heavy atom. The molecule has 1 aromatic heterocycles. The molecule has 2 aromatic carbocycles. The molecule has 0 aliphatic carbocycles. The van der Waals surface area contributed by atoms with Crippen molar-refractivity contribution >= 4 is 16.8 Å². The first-order valence-electron chi connectivity index (χ1n) is 7.64. The fourth-order valence-electron chi connectivity index (χ4n) is 2.59. The highest BCUT2D eigenvalue weighted by Crippen LogP contribution is 2.16. The molecule has 0 aliphatic rings. The van der Waals surface area contributed by atoms with Crippen molar-refractivity contribution in [3.8, 4) is 0 Å². The minimum Gasteiger partial charge on any atom is -0.348 e. The number of hydrogen-bond donors (Lipinski definition) is 1. The molecule has 1 heterocycles. The third-order valence-corrected chi connectivity index (χ3v) is 3.85. The second-order valence-corrected chi connectivity index (χ2v) is 5.65. The van der Waals surface area contributed by atoms with E-state index in [2.05, 4.69) is 10.3 Å². The lowest BCUT2D eigenvalue weighted by Gasteiger charge is -2.15. The van der Waals surface area contributed by atoms with Gasteiger partial charge in [0.1, 0.15) is 18.2 Å². The number of fused-ring (bicyclic) bond motifs is 1. The van der Waals surface area contributed by atoms with Gasteiger partial charge in [0.05, 0.1) is 23.3 Å². The van der Waals surface area contributed by atoms with Crippen LogP contribution in [-0.2, 0) is 11.3 Å². The Labute approximate surface area is 141 Å². The van der Waals surface area contributed by atoms with Gasteiger partial charge in [-0.3, -0.25) is 14.2 Å². The third-order valence-electron chi connectivity index (χ3n) is 3.85. The molecular formula is C18H15F2N3O2. The third kappa shape index (κ3) is 3.55. The lowest BCUT2D eigenvalue weighted by atomic mass is 10.1. The van der Waals surface area contributed by atoms with Crippen molar-refractivity contribution in [1.29, 1.82) is 0 Å². The van der Waals surface area contributed by atoms with Gasteiger partial charge < -0.3 is 5.32 Å². The largest absolute Gasteiger partial charge is 0.348 e. The molecule has 0 aliphatic heterocycles. The summed E-state index contributed by atoms with van der Waals surface area (Å²) in [5.41, 5.74) is 0.183. The number of nitrogens with zero attached hydrogens (tertiary/aromatic N) is 2. The van der Waals surface area contributed by atoms with Crippen LogP contribution in [0.5, 0.6) is 0 Å². The monoisotopic (exact) mass is 343 g/mol. The molecule has 0 unspecified atom stereocenters. The normalized spacial score (nSPS) is 12.1. The van der Waals surface area contributed by atoms with Crippen molar-refractivity contribution < 1.29 is 13.6 Å². The Kier molecular flexibility index (Phi) is 4.56. The summed E-state index contributed by atoms with van der Waals surface area (Å²) in [5, 5.41) is 2.73. The molecule has 7 heteroatoms. The van der Waals surface area contributed by atoms with Gasteiger partial charge in [0, 0.05) is 5.56 Å². The summed E-state index contributed by atoms with van der Waals surface area (Å²) < 4.78 is 28.1. The minimum absolute atomic E-state index is 0.0949. The maximum atomic E-state index is 13.7. The lowest BCUT2D eigenvalue weighted by molar-refractivity contribution is -0.122. The number of nitrogens with one attached hydrogen (secondary N) is 1. The van der Waals surface area contributed by atoms with Gasteiger partial charge in [-0.2, -0.15) is 0 Å². The van der Waals surface area contributed by atoms with Crippen LogP contribution in [0.4, 0.5) is 8.78 Å². The average Bonchev–Trinajstić information content (AvgIpc) is 2.58. The molecule has 0 saturated heterocycles. The van der Waals surface area contributed by atoms with Crippen molar-refractivity contribution in [2.75, 3.05) is 0 Å². The van der Waals surface area contributed by atoms with Crippen molar-refractivity contribution in [1.82, 2.24) is 14.9 Å². The van der Waals surface area contributed by atoms with Crippen LogP contribution in [-0.4, -0.2) is 15.5 Å². The Bertz CT molecular complexity index is 1000. The summed E-state index contributed by atoms with van der Waals surface area (Å²) in [6, 6.07) is 9.26. The van der Waals surface area contributed by atoms with Gasteiger partial charge in [0.15, 0.2) is 0 Å². The summed E-state index contributed by atoms with van der Waals surface area (Å²) in [6.07, 6.45) is 1.23. The second kappa shape index (κ2) is 6.80.